The highest BCUT2D eigenvalue weighted by Gasteiger charge is 2.06. The molecule has 0 aliphatic carbocycles. The van der Waals surface area contributed by atoms with Crippen molar-refractivity contribution in [1.82, 2.24) is 10.3 Å². The molecule has 0 amide bonds. The molecule has 92 valence electrons. The maximum absolute atomic E-state index is 4.45. The third kappa shape index (κ3) is 3.91. The molecule has 0 saturated heterocycles. The first-order valence-electron chi connectivity index (χ1n) is 5.83. The van der Waals surface area contributed by atoms with E-state index < -0.39 is 0 Å². The van der Waals surface area contributed by atoms with Gasteiger partial charge in [0.2, 0.25) is 0 Å². The highest BCUT2D eigenvalue weighted by atomic mass is 32.1. The van der Waals surface area contributed by atoms with E-state index in [0.717, 1.165) is 18.7 Å². The van der Waals surface area contributed by atoms with Crippen molar-refractivity contribution >= 4 is 22.7 Å². The van der Waals surface area contributed by atoms with Crippen LogP contribution in [0.5, 0.6) is 0 Å². The van der Waals surface area contributed by atoms with Crippen LogP contribution in [0.4, 0.5) is 0 Å². The maximum atomic E-state index is 4.45. The zero-order valence-electron chi connectivity index (χ0n) is 10.5. The van der Waals surface area contributed by atoms with Crippen LogP contribution in [-0.2, 0) is 13.0 Å². The Morgan fingerprint density at radius 3 is 2.76 bits per heavy atom. The number of thiazole rings is 1. The molecule has 2 aromatic rings. The second-order valence-corrected chi connectivity index (χ2v) is 6.70. The molecule has 0 saturated carbocycles. The molecule has 2 nitrogen and oxygen atoms in total. The molecule has 17 heavy (non-hydrogen) atoms. The maximum Gasteiger partial charge on any atom is 0.107 e. The average Bonchev–Trinajstić information content (AvgIpc) is 2.85. The Morgan fingerprint density at radius 2 is 2.18 bits per heavy atom. The molecule has 0 aromatic carbocycles. The van der Waals surface area contributed by atoms with Crippen molar-refractivity contribution in [2.45, 2.75) is 39.8 Å². The fraction of sp³-hybridized carbons (Fsp3) is 0.462. The summed E-state index contributed by atoms with van der Waals surface area (Å²) >= 11 is 3.62. The summed E-state index contributed by atoms with van der Waals surface area (Å²) in [7, 11) is 0. The molecule has 1 N–H and O–H groups in total. The molecule has 1 unspecified atom stereocenters. The van der Waals surface area contributed by atoms with Crippen molar-refractivity contribution in [3.8, 4) is 0 Å². The molecule has 4 heteroatoms. The van der Waals surface area contributed by atoms with E-state index in [0.29, 0.717) is 6.04 Å². The van der Waals surface area contributed by atoms with Gasteiger partial charge in [-0.3, -0.25) is 0 Å². The van der Waals surface area contributed by atoms with Gasteiger partial charge in [-0.2, -0.15) is 0 Å². The fourth-order valence-corrected chi connectivity index (χ4v) is 3.46. The fourth-order valence-electron chi connectivity index (χ4n) is 1.71. The van der Waals surface area contributed by atoms with Crippen molar-refractivity contribution in [2.75, 3.05) is 0 Å². The van der Waals surface area contributed by atoms with Crippen molar-refractivity contribution in [1.29, 1.82) is 0 Å². The molecule has 0 bridgehead atoms. The van der Waals surface area contributed by atoms with E-state index in [4.69, 9.17) is 0 Å². The zero-order valence-corrected chi connectivity index (χ0v) is 12.1. The van der Waals surface area contributed by atoms with Crippen LogP contribution in [0.2, 0.25) is 0 Å². The summed E-state index contributed by atoms with van der Waals surface area (Å²) in [6, 6.07) is 4.92. The quantitative estimate of drug-likeness (QED) is 0.895. The van der Waals surface area contributed by atoms with Gasteiger partial charge in [0.1, 0.15) is 5.01 Å². The normalized spacial score (nSPS) is 12.9. The van der Waals surface area contributed by atoms with E-state index >= 15 is 0 Å². The summed E-state index contributed by atoms with van der Waals surface area (Å²) < 4.78 is 0. The van der Waals surface area contributed by atoms with E-state index in [1.807, 2.05) is 18.3 Å². The Bertz CT molecular complexity index is 473. The van der Waals surface area contributed by atoms with Crippen LogP contribution in [0, 0.1) is 13.8 Å². The Morgan fingerprint density at radius 1 is 1.35 bits per heavy atom. The van der Waals surface area contributed by atoms with Gasteiger partial charge in [0.15, 0.2) is 0 Å². The number of hydrogen-bond donors (Lipinski definition) is 1. The van der Waals surface area contributed by atoms with E-state index in [2.05, 4.69) is 41.7 Å². The summed E-state index contributed by atoms with van der Waals surface area (Å²) in [5, 5.41) is 6.80. The van der Waals surface area contributed by atoms with E-state index in [1.165, 1.54) is 14.8 Å². The second kappa shape index (κ2) is 5.76. The molecular weight excluding hydrogens is 248 g/mol. The van der Waals surface area contributed by atoms with Gasteiger partial charge in [-0.25, -0.2) is 4.98 Å². The average molecular weight is 266 g/mol. The lowest BCUT2D eigenvalue weighted by Crippen LogP contribution is -2.27. The molecule has 0 fully saturated rings. The smallest absolute Gasteiger partial charge is 0.107 e. The summed E-state index contributed by atoms with van der Waals surface area (Å²) in [5.41, 5.74) is 1.12. The van der Waals surface area contributed by atoms with Crippen molar-refractivity contribution in [3.63, 3.8) is 0 Å². The highest BCUT2D eigenvalue weighted by molar-refractivity contribution is 7.11. The molecule has 2 rings (SSSR count). The second-order valence-electron chi connectivity index (χ2n) is 4.38. The first-order chi connectivity index (χ1) is 8.13. The minimum absolute atomic E-state index is 0.497. The van der Waals surface area contributed by atoms with E-state index in [1.54, 1.807) is 11.3 Å². The lowest BCUT2D eigenvalue weighted by atomic mass is 10.2. The first kappa shape index (κ1) is 12.7. The predicted molar refractivity (Wildman–Crippen MR) is 75.9 cm³/mol. The third-order valence-electron chi connectivity index (χ3n) is 2.57. The Balaban J connectivity index is 1.79. The Labute approximate surface area is 111 Å². The largest absolute Gasteiger partial charge is 0.308 e. The highest BCUT2D eigenvalue weighted by Crippen LogP contribution is 2.17. The molecule has 2 heterocycles. The molecule has 0 aliphatic heterocycles. The van der Waals surface area contributed by atoms with E-state index in [-0.39, 0.29) is 0 Å². The van der Waals surface area contributed by atoms with Crippen LogP contribution in [0.25, 0.3) is 0 Å². The van der Waals surface area contributed by atoms with E-state index in [9.17, 15) is 0 Å². The van der Waals surface area contributed by atoms with Crippen LogP contribution in [-0.4, -0.2) is 11.0 Å². The Hall–Kier alpha value is -0.710. The zero-order chi connectivity index (χ0) is 12.3. The van der Waals surface area contributed by atoms with Crippen LogP contribution < -0.4 is 5.32 Å². The van der Waals surface area contributed by atoms with Gasteiger partial charge in [0.25, 0.3) is 0 Å². The monoisotopic (exact) mass is 266 g/mol. The van der Waals surface area contributed by atoms with Crippen LogP contribution >= 0.6 is 22.7 Å². The standard InChI is InChI=1S/C13H18N2S2/c1-9(6-12-5-4-11(3)17-12)14-7-13-15-10(2)8-16-13/h4-5,8-9,14H,6-7H2,1-3H3. The van der Waals surface area contributed by atoms with Crippen molar-refractivity contribution in [3.05, 3.63) is 38.0 Å². The summed E-state index contributed by atoms with van der Waals surface area (Å²) in [6.45, 7) is 7.31. The molecule has 0 spiro atoms. The number of nitrogens with one attached hydrogen (secondary N) is 1. The molecule has 2 aromatic heterocycles. The van der Waals surface area contributed by atoms with Gasteiger partial charge in [-0.1, -0.05) is 0 Å². The van der Waals surface area contributed by atoms with Crippen LogP contribution in [0.15, 0.2) is 17.5 Å². The number of aryl methyl sites for hydroxylation is 2. The molecule has 1 atom stereocenters. The number of nitrogens with zero attached hydrogens (tertiary/aromatic N) is 1. The van der Waals surface area contributed by atoms with Gasteiger partial charge < -0.3 is 5.32 Å². The van der Waals surface area contributed by atoms with Gasteiger partial charge in [-0.15, -0.1) is 22.7 Å². The SMILES string of the molecule is Cc1csc(CNC(C)Cc2ccc(C)s2)n1. The number of aromatic nitrogens is 1. The molecular formula is C13H18N2S2. The first-order valence-corrected chi connectivity index (χ1v) is 7.53. The van der Waals surface area contributed by atoms with Gasteiger partial charge in [0.05, 0.1) is 0 Å². The van der Waals surface area contributed by atoms with Crippen molar-refractivity contribution < 1.29 is 0 Å². The third-order valence-corrected chi connectivity index (χ3v) is 4.56. The topological polar surface area (TPSA) is 24.9 Å². The summed E-state index contributed by atoms with van der Waals surface area (Å²) in [4.78, 5) is 7.30. The summed E-state index contributed by atoms with van der Waals surface area (Å²) in [5.74, 6) is 0. The number of hydrogen-bond acceptors (Lipinski definition) is 4. The van der Waals surface area contributed by atoms with Gasteiger partial charge in [0, 0.05) is 33.4 Å². The lowest BCUT2D eigenvalue weighted by Gasteiger charge is -2.11. The van der Waals surface area contributed by atoms with Crippen LogP contribution in [0.3, 0.4) is 0 Å². The number of rotatable bonds is 5. The van der Waals surface area contributed by atoms with Gasteiger partial charge >= 0.3 is 0 Å². The molecule has 0 aliphatic rings. The lowest BCUT2D eigenvalue weighted by molar-refractivity contribution is 0.547. The van der Waals surface area contributed by atoms with Crippen molar-refractivity contribution in [2.24, 2.45) is 0 Å². The van der Waals surface area contributed by atoms with Gasteiger partial charge in [-0.05, 0) is 39.3 Å². The Kier molecular flexibility index (Phi) is 4.31. The predicted octanol–water partition coefficient (Wildman–Crippen LogP) is 3.54. The minimum Gasteiger partial charge on any atom is -0.308 e. The summed E-state index contributed by atoms with van der Waals surface area (Å²) in [6.07, 6.45) is 1.10. The van der Waals surface area contributed by atoms with Crippen LogP contribution in [0.1, 0.15) is 27.4 Å². The number of thiophene rings is 1. The minimum atomic E-state index is 0.497. The molecule has 0 radical (unpaired) electrons.